The summed E-state index contributed by atoms with van der Waals surface area (Å²) < 4.78 is 10.4. The van der Waals surface area contributed by atoms with Crippen molar-refractivity contribution in [1.82, 2.24) is 0 Å². The van der Waals surface area contributed by atoms with Crippen molar-refractivity contribution in [2.45, 2.75) is 20.8 Å². The van der Waals surface area contributed by atoms with E-state index in [4.69, 9.17) is 9.47 Å². The molecule has 0 radical (unpaired) electrons. The van der Waals surface area contributed by atoms with Crippen LogP contribution in [-0.2, 0) is 4.74 Å². The van der Waals surface area contributed by atoms with Crippen molar-refractivity contribution in [3.05, 3.63) is 28.3 Å². The number of ether oxygens (including phenoxy) is 2. The zero-order chi connectivity index (χ0) is 14.2. The molecule has 0 amide bonds. The molecule has 0 aromatic heterocycles. The SMILES string of the molecule is COc1c(C)cc(C(=O)C2(C#N)COC2)c(C)c1C. The van der Waals surface area contributed by atoms with Gasteiger partial charge >= 0.3 is 0 Å². The molecule has 4 nitrogen and oxygen atoms in total. The molecule has 0 aliphatic carbocycles. The number of benzene rings is 1. The Labute approximate surface area is 112 Å². The molecule has 4 heteroatoms. The summed E-state index contributed by atoms with van der Waals surface area (Å²) in [5, 5.41) is 9.22. The van der Waals surface area contributed by atoms with E-state index in [9.17, 15) is 10.1 Å². The maximum Gasteiger partial charge on any atom is 0.188 e. The fourth-order valence-corrected chi connectivity index (χ4v) is 2.42. The molecule has 0 N–H and O–H groups in total. The van der Waals surface area contributed by atoms with Crippen molar-refractivity contribution in [1.29, 1.82) is 5.26 Å². The van der Waals surface area contributed by atoms with Crippen molar-refractivity contribution < 1.29 is 14.3 Å². The molecule has 1 heterocycles. The van der Waals surface area contributed by atoms with Gasteiger partial charge in [-0.15, -0.1) is 0 Å². The number of ketones is 1. The lowest BCUT2D eigenvalue weighted by Gasteiger charge is -2.34. The first-order chi connectivity index (χ1) is 8.96. The Kier molecular flexibility index (Phi) is 3.34. The largest absolute Gasteiger partial charge is 0.496 e. The van der Waals surface area contributed by atoms with E-state index in [0.717, 1.165) is 22.4 Å². The molecule has 1 saturated heterocycles. The van der Waals surface area contributed by atoms with Gasteiger partial charge in [-0.25, -0.2) is 0 Å². The van der Waals surface area contributed by atoms with Crippen molar-refractivity contribution in [3.8, 4) is 11.8 Å². The van der Waals surface area contributed by atoms with Gasteiger partial charge in [0.15, 0.2) is 11.2 Å². The number of aryl methyl sites for hydroxylation is 1. The van der Waals surface area contributed by atoms with Crippen LogP contribution >= 0.6 is 0 Å². The zero-order valence-electron chi connectivity index (χ0n) is 11.7. The quantitative estimate of drug-likeness (QED) is 0.782. The van der Waals surface area contributed by atoms with Gasteiger partial charge in [0.25, 0.3) is 0 Å². The lowest BCUT2D eigenvalue weighted by molar-refractivity contribution is -0.0566. The van der Waals surface area contributed by atoms with Gasteiger partial charge in [-0.3, -0.25) is 4.79 Å². The van der Waals surface area contributed by atoms with E-state index in [1.54, 1.807) is 13.2 Å². The summed E-state index contributed by atoms with van der Waals surface area (Å²) in [5.41, 5.74) is 2.31. The van der Waals surface area contributed by atoms with Gasteiger partial charge in [-0.2, -0.15) is 5.26 Å². The van der Waals surface area contributed by atoms with E-state index in [0.29, 0.717) is 5.56 Å². The summed E-state index contributed by atoms with van der Waals surface area (Å²) in [6.45, 7) is 6.08. The molecule has 0 spiro atoms. The Morgan fingerprint density at radius 3 is 2.42 bits per heavy atom. The van der Waals surface area contributed by atoms with Gasteiger partial charge in [-0.05, 0) is 43.5 Å². The van der Waals surface area contributed by atoms with E-state index < -0.39 is 5.41 Å². The third kappa shape index (κ3) is 1.91. The van der Waals surface area contributed by atoms with Crippen LogP contribution in [0.2, 0.25) is 0 Å². The maximum atomic E-state index is 12.6. The van der Waals surface area contributed by atoms with Crippen molar-refractivity contribution in [2.24, 2.45) is 5.41 Å². The average Bonchev–Trinajstić information content (AvgIpc) is 2.33. The molecular weight excluding hydrogens is 242 g/mol. The summed E-state index contributed by atoms with van der Waals surface area (Å²) in [6.07, 6.45) is 0. The van der Waals surface area contributed by atoms with Gasteiger partial charge in [0.05, 0.1) is 26.4 Å². The molecule has 1 fully saturated rings. The van der Waals surface area contributed by atoms with Gasteiger partial charge in [0, 0.05) is 5.56 Å². The summed E-state index contributed by atoms with van der Waals surface area (Å²) in [4.78, 5) is 12.6. The molecule has 0 saturated carbocycles. The zero-order valence-corrected chi connectivity index (χ0v) is 11.7. The lowest BCUT2D eigenvalue weighted by atomic mass is 9.78. The van der Waals surface area contributed by atoms with Crippen LogP contribution < -0.4 is 4.74 Å². The van der Waals surface area contributed by atoms with Crippen molar-refractivity contribution in [2.75, 3.05) is 20.3 Å². The molecule has 19 heavy (non-hydrogen) atoms. The highest BCUT2D eigenvalue weighted by molar-refractivity contribution is 6.04. The summed E-state index contributed by atoms with van der Waals surface area (Å²) in [7, 11) is 1.62. The van der Waals surface area contributed by atoms with E-state index >= 15 is 0 Å². The predicted molar refractivity (Wildman–Crippen MR) is 70.4 cm³/mol. The number of nitriles is 1. The van der Waals surface area contributed by atoms with E-state index in [2.05, 4.69) is 6.07 Å². The summed E-state index contributed by atoms with van der Waals surface area (Å²) >= 11 is 0. The first kappa shape index (κ1) is 13.6. The normalized spacial score (nSPS) is 16.4. The highest BCUT2D eigenvalue weighted by Gasteiger charge is 2.47. The second kappa shape index (κ2) is 4.67. The highest BCUT2D eigenvalue weighted by atomic mass is 16.5. The van der Waals surface area contributed by atoms with E-state index in [-0.39, 0.29) is 19.0 Å². The summed E-state index contributed by atoms with van der Waals surface area (Å²) in [6, 6.07) is 3.91. The van der Waals surface area contributed by atoms with Crippen LogP contribution in [-0.4, -0.2) is 26.1 Å². The number of carbonyl (C=O) groups excluding carboxylic acids is 1. The Balaban J connectivity index is 2.53. The van der Waals surface area contributed by atoms with Gasteiger partial charge in [-0.1, -0.05) is 0 Å². The van der Waals surface area contributed by atoms with Crippen LogP contribution in [0.1, 0.15) is 27.0 Å². The first-order valence-electron chi connectivity index (χ1n) is 6.15. The van der Waals surface area contributed by atoms with Crippen LogP contribution in [0, 0.1) is 37.5 Å². The number of Topliss-reactive ketones (excluding diaryl/α,β-unsaturated/α-hetero) is 1. The van der Waals surface area contributed by atoms with Crippen molar-refractivity contribution >= 4 is 5.78 Å². The molecule has 0 unspecified atom stereocenters. The fraction of sp³-hybridized carbons (Fsp3) is 0.467. The van der Waals surface area contributed by atoms with Crippen LogP contribution in [0.15, 0.2) is 6.07 Å². The first-order valence-corrected chi connectivity index (χ1v) is 6.15. The maximum absolute atomic E-state index is 12.6. The molecule has 1 aromatic rings. The second-order valence-corrected chi connectivity index (χ2v) is 5.04. The molecular formula is C15H17NO3. The number of hydrogen-bond donors (Lipinski definition) is 0. The molecule has 100 valence electrons. The standard InChI is InChI=1S/C15H17NO3/c1-9-5-12(10(2)11(3)13(9)18-4)14(17)15(6-16)7-19-8-15/h5H,7-8H2,1-4H3. The topological polar surface area (TPSA) is 59.3 Å². The number of methoxy groups -OCH3 is 1. The monoisotopic (exact) mass is 259 g/mol. The molecule has 1 aliphatic heterocycles. The minimum Gasteiger partial charge on any atom is -0.496 e. The summed E-state index contributed by atoms with van der Waals surface area (Å²) in [5.74, 6) is 0.650. The van der Waals surface area contributed by atoms with E-state index in [1.165, 1.54) is 0 Å². The fourth-order valence-electron chi connectivity index (χ4n) is 2.42. The number of carbonyl (C=O) groups is 1. The number of hydrogen-bond acceptors (Lipinski definition) is 4. The van der Waals surface area contributed by atoms with Gasteiger partial charge in [0.2, 0.25) is 0 Å². The minimum atomic E-state index is -1.00. The minimum absolute atomic E-state index is 0.146. The number of rotatable bonds is 3. The molecule has 1 aliphatic rings. The van der Waals surface area contributed by atoms with Gasteiger partial charge < -0.3 is 9.47 Å². The second-order valence-electron chi connectivity index (χ2n) is 5.04. The van der Waals surface area contributed by atoms with Crippen LogP contribution in [0.4, 0.5) is 0 Å². The predicted octanol–water partition coefficient (Wildman–Crippen LogP) is 2.34. The van der Waals surface area contributed by atoms with Gasteiger partial charge in [0.1, 0.15) is 5.75 Å². The van der Waals surface area contributed by atoms with Crippen LogP contribution in [0.25, 0.3) is 0 Å². The molecule has 0 bridgehead atoms. The van der Waals surface area contributed by atoms with Crippen molar-refractivity contribution in [3.63, 3.8) is 0 Å². The third-order valence-corrected chi connectivity index (χ3v) is 3.82. The average molecular weight is 259 g/mol. The molecule has 2 rings (SSSR count). The van der Waals surface area contributed by atoms with Crippen LogP contribution in [0.5, 0.6) is 5.75 Å². The lowest BCUT2D eigenvalue weighted by Crippen LogP contribution is -2.48. The Morgan fingerprint density at radius 1 is 1.37 bits per heavy atom. The highest BCUT2D eigenvalue weighted by Crippen LogP contribution is 2.35. The van der Waals surface area contributed by atoms with E-state index in [1.807, 2.05) is 20.8 Å². The number of nitrogens with zero attached hydrogens (tertiary/aromatic N) is 1. The Bertz CT molecular complexity index is 580. The Morgan fingerprint density at radius 2 is 2.00 bits per heavy atom. The molecule has 1 aromatic carbocycles. The Hall–Kier alpha value is -1.86. The van der Waals surface area contributed by atoms with Crippen LogP contribution in [0.3, 0.4) is 0 Å². The third-order valence-electron chi connectivity index (χ3n) is 3.82. The molecule has 0 atom stereocenters. The smallest absolute Gasteiger partial charge is 0.188 e.